The molecule has 0 aliphatic carbocycles. The lowest BCUT2D eigenvalue weighted by molar-refractivity contribution is -0.132. The number of cyclic esters (lactones) is 1. The number of benzene rings is 1. The molecule has 3 aliphatic rings. The highest BCUT2D eigenvalue weighted by atomic mass is 19.3. The molecule has 1 aromatic rings. The Morgan fingerprint density at radius 1 is 1.11 bits per heavy atom. The highest BCUT2D eigenvalue weighted by Gasteiger charge is 2.35. The molecule has 0 bridgehead atoms. The first-order chi connectivity index (χ1) is 17.7. The number of urea groups is 1. The predicted molar refractivity (Wildman–Crippen MR) is 122 cm³/mol. The Morgan fingerprint density at radius 2 is 1.81 bits per heavy atom. The van der Waals surface area contributed by atoms with Crippen molar-refractivity contribution in [2.24, 2.45) is 0 Å². The summed E-state index contributed by atoms with van der Waals surface area (Å²) in [6, 6.07) is 1.55. The van der Waals surface area contributed by atoms with Crippen LogP contribution in [0.4, 0.5) is 38.5 Å². The Kier molecular flexibility index (Phi) is 8.53. The maximum Gasteiger partial charge on any atom is 0.414 e. The van der Waals surface area contributed by atoms with E-state index in [1.54, 1.807) is 0 Å². The largest absolute Gasteiger partial charge is 0.442 e. The number of carbonyl (C=O) groups is 3. The average molecular weight is 532 g/mol. The van der Waals surface area contributed by atoms with E-state index in [0.29, 0.717) is 0 Å². The molecule has 0 unspecified atom stereocenters. The number of halogens is 4. The average Bonchev–Trinajstić information content (AvgIpc) is 3.07. The van der Waals surface area contributed by atoms with Crippen molar-refractivity contribution < 1.29 is 41.5 Å². The number of nitrogens with zero attached hydrogens (tertiary/aromatic N) is 3. The highest BCUT2D eigenvalue weighted by Crippen LogP contribution is 2.31. The van der Waals surface area contributed by atoms with Gasteiger partial charge in [0.15, 0.2) is 11.6 Å². The second-order valence-electron chi connectivity index (χ2n) is 8.82. The van der Waals surface area contributed by atoms with E-state index in [2.05, 4.69) is 10.6 Å². The van der Waals surface area contributed by atoms with Gasteiger partial charge >= 0.3 is 18.5 Å². The molecule has 1 aromatic carbocycles. The molecule has 1 atom stereocenters. The Hall–Kier alpha value is -3.33. The second kappa shape index (κ2) is 11.8. The third-order valence-corrected chi connectivity index (χ3v) is 6.28. The quantitative estimate of drug-likeness (QED) is 0.472. The molecule has 4 amide bonds. The molecule has 11 nitrogen and oxygen atoms in total. The minimum absolute atomic E-state index is 0.0186. The van der Waals surface area contributed by atoms with E-state index in [9.17, 15) is 23.2 Å². The number of hydrogen-bond acceptors (Lipinski definition) is 7. The summed E-state index contributed by atoms with van der Waals surface area (Å²) in [5, 5.41) is 9.20. The zero-order valence-electron chi connectivity index (χ0n) is 19.9. The standard InChI is InChI=1S/C22H28F4N6O5/c23-16-9-14(31-12-15(37-22(31)35)11-28-20(33)19(25)26)10-17(24)18(16)30-5-6-32(36-8-7-30)21(34)29-13-1-3-27-4-2-13/h9-10,13,15,19,27H,1-8,11-12H2,(H,28,33)(H,29,34)/t15-/m0/s1. The molecule has 4 rings (SSSR count). The number of amides is 4. The van der Waals surface area contributed by atoms with Gasteiger partial charge in [0.1, 0.15) is 11.8 Å². The van der Waals surface area contributed by atoms with E-state index in [1.807, 2.05) is 5.32 Å². The molecule has 0 radical (unpaired) electrons. The Balaban J connectivity index is 1.37. The number of ether oxygens (including phenoxy) is 1. The van der Waals surface area contributed by atoms with Gasteiger partial charge in [0.25, 0.3) is 5.91 Å². The maximum atomic E-state index is 15.1. The Labute approximate surface area is 210 Å². The van der Waals surface area contributed by atoms with E-state index in [4.69, 9.17) is 9.57 Å². The molecule has 37 heavy (non-hydrogen) atoms. The molecule has 0 saturated carbocycles. The molecule has 3 fully saturated rings. The van der Waals surface area contributed by atoms with Crippen LogP contribution in [0.3, 0.4) is 0 Å². The van der Waals surface area contributed by atoms with Crippen molar-refractivity contribution in [1.29, 1.82) is 0 Å². The molecule has 3 heterocycles. The van der Waals surface area contributed by atoms with Crippen molar-refractivity contribution >= 4 is 29.4 Å². The minimum Gasteiger partial charge on any atom is -0.442 e. The van der Waals surface area contributed by atoms with Gasteiger partial charge in [-0.3, -0.25) is 14.5 Å². The summed E-state index contributed by atoms with van der Waals surface area (Å²) < 4.78 is 59.8. The molecule has 3 aliphatic heterocycles. The van der Waals surface area contributed by atoms with Gasteiger partial charge in [-0.25, -0.2) is 23.4 Å². The lowest BCUT2D eigenvalue weighted by Crippen LogP contribution is -2.49. The van der Waals surface area contributed by atoms with Crippen LogP contribution in [0.2, 0.25) is 0 Å². The monoisotopic (exact) mass is 532 g/mol. The zero-order valence-corrected chi connectivity index (χ0v) is 19.9. The number of alkyl halides is 2. The molecule has 0 spiro atoms. The van der Waals surface area contributed by atoms with Crippen LogP contribution in [0.1, 0.15) is 12.8 Å². The summed E-state index contributed by atoms with van der Waals surface area (Å²) in [5.41, 5.74) is -0.457. The topological polar surface area (TPSA) is 115 Å². The second-order valence-corrected chi connectivity index (χ2v) is 8.82. The fourth-order valence-corrected chi connectivity index (χ4v) is 4.39. The molecular formula is C22H28F4N6O5. The third-order valence-electron chi connectivity index (χ3n) is 6.28. The lowest BCUT2D eigenvalue weighted by Gasteiger charge is -2.27. The number of piperidine rings is 1. The highest BCUT2D eigenvalue weighted by molar-refractivity contribution is 5.90. The third kappa shape index (κ3) is 6.52. The van der Waals surface area contributed by atoms with Gasteiger partial charge in [0.2, 0.25) is 0 Å². The number of hydrogen-bond donors (Lipinski definition) is 3. The number of rotatable bonds is 6. The first-order valence-corrected chi connectivity index (χ1v) is 11.9. The Morgan fingerprint density at radius 3 is 2.49 bits per heavy atom. The van der Waals surface area contributed by atoms with E-state index in [-0.39, 0.29) is 56.7 Å². The van der Waals surface area contributed by atoms with Crippen molar-refractivity contribution in [1.82, 2.24) is 21.0 Å². The van der Waals surface area contributed by atoms with Crippen molar-refractivity contribution in [3.63, 3.8) is 0 Å². The minimum atomic E-state index is -3.22. The summed E-state index contributed by atoms with van der Waals surface area (Å²) >= 11 is 0. The molecule has 3 saturated heterocycles. The van der Waals surface area contributed by atoms with Crippen molar-refractivity contribution in [3.05, 3.63) is 23.8 Å². The van der Waals surface area contributed by atoms with Crippen molar-refractivity contribution in [2.45, 2.75) is 31.4 Å². The maximum absolute atomic E-state index is 15.1. The molecular weight excluding hydrogens is 504 g/mol. The van der Waals surface area contributed by atoms with Crippen LogP contribution in [-0.4, -0.2) is 94.1 Å². The van der Waals surface area contributed by atoms with Crippen LogP contribution in [0.25, 0.3) is 0 Å². The number of anilines is 2. The molecule has 204 valence electrons. The van der Waals surface area contributed by atoms with Crippen LogP contribution < -0.4 is 25.8 Å². The zero-order chi connectivity index (χ0) is 26.5. The summed E-state index contributed by atoms with van der Waals surface area (Å²) in [6.07, 6.45) is -3.52. The summed E-state index contributed by atoms with van der Waals surface area (Å²) in [7, 11) is 0. The van der Waals surface area contributed by atoms with Crippen molar-refractivity contribution in [3.8, 4) is 0 Å². The number of nitrogens with one attached hydrogen (secondary N) is 3. The SMILES string of the molecule is O=C(NC[C@H]1CN(c2cc(F)c(N3CCON(C(=O)NC4CCNCC4)CC3)c(F)c2)C(=O)O1)C(F)F. The molecule has 0 aromatic heterocycles. The molecule has 3 N–H and O–H groups in total. The van der Waals surface area contributed by atoms with Crippen LogP contribution in [0.15, 0.2) is 12.1 Å². The van der Waals surface area contributed by atoms with Crippen molar-refractivity contribution in [2.75, 3.05) is 62.2 Å². The lowest BCUT2D eigenvalue weighted by atomic mass is 10.1. The van der Waals surface area contributed by atoms with Crippen LogP contribution in [-0.2, 0) is 14.4 Å². The van der Waals surface area contributed by atoms with Crippen LogP contribution >= 0.6 is 0 Å². The van der Waals surface area contributed by atoms with Gasteiger partial charge in [0.05, 0.1) is 31.9 Å². The number of hydroxylamine groups is 2. The van der Waals surface area contributed by atoms with E-state index >= 15 is 8.78 Å². The van der Waals surface area contributed by atoms with Gasteiger partial charge < -0.3 is 25.6 Å². The van der Waals surface area contributed by atoms with Gasteiger partial charge in [-0.1, -0.05) is 0 Å². The van der Waals surface area contributed by atoms with Crippen LogP contribution in [0.5, 0.6) is 0 Å². The normalized spacial score (nSPS) is 21.2. The van der Waals surface area contributed by atoms with Gasteiger partial charge in [0, 0.05) is 31.3 Å². The first kappa shape index (κ1) is 26.7. The van der Waals surface area contributed by atoms with E-state index < -0.39 is 42.2 Å². The van der Waals surface area contributed by atoms with E-state index in [1.165, 1.54) is 4.90 Å². The summed E-state index contributed by atoms with van der Waals surface area (Å²) in [4.78, 5) is 43.6. The fraction of sp³-hybridized carbons (Fsp3) is 0.591. The van der Waals surface area contributed by atoms with Gasteiger partial charge in [-0.2, -0.15) is 8.78 Å². The first-order valence-electron chi connectivity index (χ1n) is 11.9. The summed E-state index contributed by atoms with van der Waals surface area (Å²) in [6.45, 7) is 1.35. The van der Waals surface area contributed by atoms with Gasteiger partial charge in [-0.05, 0) is 25.9 Å². The Bertz CT molecular complexity index is 989. The number of carbonyl (C=O) groups excluding carboxylic acids is 3. The predicted octanol–water partition coefficient (Wildman–Crippen LogP) is 1.19. The van der Waals surface area contributed by atoms with Crippen LogP contribution in [0, 0.1) is 11.6 Å². The van der Waals surface area contributed by atoms with Gasteiger partial charge in [-0.15, -0.1) is 0 Å². The summed E-state index contributed by atoms with van der Waals surface area (Å²) in [5.74, 6) is -3.39. The fourth-order valence-electron chi connectivity index (χ4n) is 4.39. The smallest absolute Gasteiger partial charge is 0.414 e. The molecule has 15 heteroatoms. The van der Waals surface area contributed by atoms with E-state index in [0.717, 1.165) is 48.0 Å².